The number of hydrogen-bond donors (Lipinski definition) is 0. The van der Waals surface area contributed by atoms with Crippen LogP contribution in [0.15, 0.2) is 4.52 Å². The molecule has 0 aliphatic heterocycles. The maximum Gasteiger partial charge on any atom is 0.232 e. The molecule has 0 amide bonds. The van der Waals surface area contributed by atoms with Crippen molar-refractivity contribution in [1.29, 1.82) is 0 Å². The molecule has 0 fully saturated rings. The number of halogens is 1. The highest BCUT2D eigenvalue weighted by molar-refractivity contribution is 14.1. The predicted octanol–water partition coefficient (Wildman–Crippen LogP) is 1.64. The Morgan fingerprint density at radius 1 is 1.58 bits per heavy atom. The lowest BCUT2D eigenvalue weighted by molar-refractivity contribution is 0.0170. The van der Waals surface area contributed by atoms with Gasteiger partial charge in [0, 0.05) is 29.7 Å². The minimum Gasteiger partial charge on any atom is -0.378 e. The van der Waals surface area contributed by atoms with Crippen LogP contribution in [0.2, 0.25) is 0 Å². The van der Waals surface area contributed by atoms with Gasteiger partial charge in [-0.3, -0.25) is 0 Å². The van der Waals surface area contributed by atoms with E-state index in [9.17, 15) is 0 Å². The van der Waals surface area contributed by atoms with Gasteiger partial charge in [-0.05, 0) is 13.8 Å². The Labute approximate surface area is 84.8 Å². The molecule has 0 spiro atoms. The summed E-state index contributed by atoms with van der Waals surface area (Å²) in [4.78, 5) is 4.07. The molecule has 4 nitrogen and oxygen atoms in total. The lowest BCUT2D eigenvalue weighted by atomic mass is 10.1. The summed E-state index contributed by atoms with van der Waals surface area (Å²) in [6.07, 6.45) is 0.638. The molecule has 0 atom stereocenters. The second-order valence-corrected chi connectivity index (χ2v) is 4.06. The molecule has 0 bridgehead atoms. The van der Waals surface area contributed by atoms with Crippen LogP contribution in [0.4, 0.5) is 0 Å². The van der Waals surface area contributed by atoms with E-state index in [-0.39, 0.29) is 5.60 Å². The molecule has 5 heteroatoms. The summed E-state index contributed by atoms with van der Waals surface area (Å²) in [5, 5.41) is 3.68. The Hall–Kier alpha value is -0.170. The molecule has 1 heterocycles. The number of nitrogens with zero attached hydrogens (tertiary/aromatic N) is 2. The minimum atomic E-state index is -0.240. The molecule has 1 aromatic heterocycles. The molecule has 1 aromatic rings. The van der Waals surface area contributed by atoms with Crippen LogP contribution >= 0.6 is 22.6 Å². The fraction of sp³-hybridized carbons (Fsp3) is 0.714. The molecule has 0 saturated heterocycles. The molecule has 0 aliphatic rings. The summed E-state index contributed by atoms with van der Waals surface area (Å²) in [7, 11) is 1.67. The van der Waals surface area contributed by atoms with Crippen LogP contribution in [0.5, 0.6) is 0 Å². The molecular weight excluding hydrogens is 271 g/mol. The Balaban J connectivity index is 2.63. The Kier molecular flexibility index (Phi) is 3.05. The molecule has 68 valence electrons. The predicted molar refractivity (Wildman–Crippen MR) is 51.8 cm³/mol. The van der Waals surface area contributed by atoms with Crippen molar-refractivity contribution >= 4 is 22.6 Å². The molecule has 0 N–H and O–H groups in total. The van der Waals surface area contributed by atoms with Crippen LogP contribution < -0.4 is 0 Å². The van der Waals surface area contributed by atoms with Gasteiger partial charge >= 0.3 is 0 Å². The van der Waals surface area contributed by atoms with Crippen molar-refractivity contribution in [3.05, 3.63) is 9.72 Å². The maximum atomic E-state index is 5.22. The summed E-state index contributed by atoms with van der Waals surface area (Å²) in [5.41, 5.74) is -0.240. The zero-order valence-electron chi connectivity index (χ0n) is 7.30. The minimum absolute atomic E-state index is 0.240. The monoisotopic (exact) mass is 282 g/mol. The largest absolute Gasteiger partial charge is 0.378 e. The Bertz CT molecular complexity index is 260. The fourth-order valence-corrected chi connectivity index (χ4v) is 1.11. The number of aromatic nitrogens is 2. The van der Waals surface area contributed by atoms with Crippen LogP contribution in [-0.4, -0.2) is 22.9 Å². The van der Waals surface area contributed by atoms with Crippen molar-refractivity contribution in [2.75, 3.05) is 7.11 Å². The van der Waals surface area contributed by atoms with Gasteiger partial charge in [0.05, 0.1) is 12.0 Å². The van der Waals surface area contributed by atoms with E-state index in [4.69, 9.17) is 9.26 Å². The van der Waals surface area contributed by atoms with Crippen molar-refractivity contribution in [3.8, 4) is 0 Å². The molecular formula is C7H11IN2O2. The second kappa shape index (κ2) is 3.69. The van der Waals surface area contributed by atoms with Gasteiger partial charge in [-0.1, -0.05) is 5.16 Å². The third-order valence-electron chi connectivity index (χ3n) is 1.57. The van der Waals surface area contributed by atoms with Crippen LogP contribution in [0.25, 0.3) is 0 Å². The highest BCUT2D eigenvalue weighted by Crippen LogP contribution is 2.14. The average molecular weight is 282 g/mol. The Morgan fingerprint density at radius 2 is 2.25 bits per heavy atom. The maximum absolute atomic E-state index is 5.22. The lowest BCUT2D eigenvalue weighted by Gasteiger charge is -2.19. The number of methoxy groups -OCH3 is 1. The standard InChI is InChI=1S/C7H11IN2O2/c1-7(2,11-3)4-5-9-6(8)10-12-5/h4H2,1-3H3. The molecule has 0 aromatic carbocycles. The first-order chi connectivity index (χ1) is 5.53. The van der Waals surface area contributed by atoms with E-state index in [1.807, 2.05) is 36.4 Å². The molecule has 0 saturated carbocycles. The quantitative estimate of drug-likeness (QED) is 0.791. The van der Waals surface area contributed by atoms with Gasteiger partial charge in [-0.2, -0.15) is 4.98 Å². The van der Waals surface area contributed by atoms with E-state index in [0.29, 0.717) is 16.1 Å². The van der Waals surface area contributed by atoms with E-state index in [1.54, 1.807) is 7.11 Å². The third kappa shape index (κ3) is 2.71. The van der Waals surface area contributed by atoms with Crippen molar-refractivity contribution in [2.24, 2.45) is 0 Å². The summed E-state index contributed by atoms with van der Waals surface area (Å²) >= 11 is 2.01. The summed E-state index contributed by atoms with van der Waals surface area (Å²) < 4.78 is 10.8. The fourth-order valence-electron chi connectivity index (χ4n) is 0.742. The van der Waals surface area contributed by atoms with E-state index in [1.165, 1.54) is 0 Å². The van der Waals surface area contributed by atoms with Crippen LogP contribution in [-0.2, 0) is 11.2 Å². The SMILES string of the molecule is COC(C)(C)Cc1nc(I)no1. The summed E-state index contributed by atoms with van der Waals surface area (Å²) in [5.74, 6) is 0.617. The first-order valence-corrected chi connectivity index (χ1v) is 4.64. The summed E-state index contributed by atoms with van der Waals surface area (Å²) in [6.45, 7) is 3.95. The number of ether oxygens (including phenoxy) is 1. The first-order valence-electron chi connectivity index (χ1n) is 3.57. The number of hydrogen-bond acceptors (Lipinski definition) is 4. The highest BCUT2D eigenvalue weighted by Gasteiger charge is 2.20. The van der Waals surface area contributed by atoms with Crippen molar-refractivity contribution in [2.45, 2.75) is 25.9 Å². The van der Waals surface area contributed by atoms with Gasteiger partial charge < -0.3 is 9.26 Å². The zero-order valence-corrected chi connectivity index (χ0v) is 9.45. The van der Waals surface area contributed by atoms with Crippen LogP contribution in [0.3, 0.4) is 0 Å². The summed E-state index contributed by atoms with van der Waals surface area (Å²) in [6, 6.07) is 0. The molecule has 0 aliphatic carbocycles. The van der Waals surface area contributed by atoms with E-state index in [0.717, 1.165) is 0 Å². The first kappa shape index (κ1) is 9.91. The van der Waals surface area contributed by atoms with E-state index >= 15 is 0 Å². The van der Waals surface area contributed by atoms with E-state index in [2.05, 4.69) is 10.1 Å². The highest BCUT2D eigenvalue weighted by atomic mass is 127. The zero-order chi connectivity index (χ0) is 9.19. The van der Waals surface area contributed by atoms with Gasteiger partial charge in [-0.25, -0.2) is 0 Å². The van der Waals surface area contributed by atoms with E-state index < -0.39 is 0 Å². The van der Waals surface area contributed by atoms with Gasteiger partial charge in [0.25, 0.3) is 0 Å². The number of rotatable bonds is 3. The van der Waals surface area contributed by atoms with Crippen molar-refractivity contribution < 1.29 is 9.26 Å². The molecule has 0 radical (unpaired) electrons. The van der Waals surface area contributed by atoms with Gasteiger partial charge in [0.15, 0.2) is 0 Å². The molecule has 0 unspecified atom stereocenters. The van der Waals surface area contributed by atoms with Gasteiger partial charge in [0.1, 0.15) is 0 Å². The normalized spacial score (nSPS) is 12.0. The smallest absolute Gasteiger partial charge is 0.232 e. The topological polar surface area (TPSA) is 48.2 Å². The third-order valence-corrected chi connectivity index (χ3v) is 2.01. The molecule has 12 heavy (non-hydrogen) atoms. The average Bonchev–Trinajstić information content (AvgIpc) is 2.35. The lowest BCUT2D eigenvalue weighted by Crippen LogP contribution is -2.25. The van der Waals surface area contributed by atoms with Crippen molar-refractivity contribution in [1.82, 2.24) is 10.1 Å². The van der Waals surface area contributed by atoms with Crippen LogP contribution in [0.1, 0.15) is 19.7 Å². The van der Waals surface area contributed by atoms with Gasteiger partial charge in [-0.15, -0.1) is 0 Å². The second-order valence-electron chi connectivity index (χ2n) is 3.10. The van der Waals surface area contributed by atoms with Crippen LogP contribution in [0, 0.1) is 3.83 Å². The van der Waals surface area contributed by atoms with Gasteiger partial charge in [0.2, 0.25) is 9.72 Å². The Morgan fingerprint density at radius 3 is 2.67 bits per heavy atom. The van der Waals surface area contributed by atoms with Crippen molar-refractivity contribution in [3.63, 3.8) is 0 Å². The molecule has 1 rings (SSSR count).